The fraction of sp³-hybridized carbons (Fsp3) is 0.542. The van der Waals surface area contributed by atoms with Crippen LogP contribution in [0.3, 0.4) is 0 Å². The maximum atomic E-state index is 13.3. The Bertz CT molecular complexity index is 925. The highest BCUT2D eigenvalue weighted by Gasteiger charge is 2.34. The fourth-order valence-electron chi connectivity index (χ4n) is 3.91. The van der Waals surface area contributed by atoms with Gasteiger partial charge in [0.1, 0.15) is 12.2 Å². The van der Waals surface area contributed by atoms with Crippen LogP contribution in [-0.4, -0.2) is 83.6 Å². The van der Waals surface area contributed by atoms with Gasteiger partial charge in [-0.05, 0) is 38.7 Å². The van der Waals surface area contributed by atoms with Gasteiger partial charge in [0.25, 0.3) is 5.91 Å². The third-order valence-electron chi connectivity index (χ3n) is 5.93. The number of likely N-dealkylation sites (N-methyl/N-ethyl adjacent to an activating group) is 2. The van der Waals surface area contributed by atoms with Crippen molar-refractivity contribution in [3.63, 3.8) is 0 Å². The van der Waals surface area contributed by atoms with E-state index in [0.29, 0.717) is 23.8 Å². The van der Waals surface area contributed by atoms with E-state index in [1.807, 2.05) is 54.0 Å². The smallest absolute Gasteiger partial charge is 0.272 e. The molecular formula is C24H34ClN5O2. The van der Waals surface area contributed by atoms with Gasteiger partial charge in [-0.3, -0.25) is 14.3 Å². The van der Waals surface area contributed by atoms with Crippen LogP contribution in [0.25, 0.3) is 11.3 Å². The van der Waals surface area contributed by atoms with Crippen LogP contribution >= 0.6 is 11.6 Å². The number of amides is 2. The third kappa shape index (κ3) is 5.90. The molecule has 7 nitrogen and oxygen atoms in total. The normalized spacial score (nSPS) is 15.9. The van der Waals surface area contributed by atoms with Crippen molar-refractivity contribution in [3.8, 4) is 11.3 Å². The number of benzene rings is 1. The Labute approximate surface area is 195 Å². The van der Waals surface area contributed by atoms with Gasteiger partial charge in [0.15, 0.2) is 0 Å². The van der Waals surface area contributed by atoms with E-state index in [4.69, 9.17) is 16.7 Å². The van der Waals surface area contributed by atoms with E-state index in [9.17, 15) is 9.59 Å². The number of hydrogen-bond acceptors (Lipinski definition) is 4. The zero-order valence-electron chi connectivity index (χ0n) is 19.6. The van der Waals surface area contributed by atoms with Gasteiger partial charge in [-0.15, -0.1) is 0 Å². The molecule has 0 bridgehead atoms. The van der Waals surface area contributed by atoms with Gasteiger partial charge in [-0.2, -0.15) is 5.10 Å². The first-order chi connectivity index (χ1) is 15.3. The van der Waals surface area contributed by atoms with Gasteiger partial charge in [0, 0.05) is 37.3 Å². The number of aromatic nitrogens is 2. The third-order valence-corrected chi connectivity index (χ3v) is 6.19. The second-order valence-corrected chi connectivity index (χ2v) is 9.26. The van der Waals surface area contributed by atoms with Crippen molar-refractivity contribution in [1.82, 2.24) is 24.5 Å². The molecule has 1 unspecified atom stereocenters. The van der Waals surface area contributed by atoms with Crippen molar-refractivity contribution in [1.29, 1.82) is 0 Å². The van der Waals surface area contributed by atoms with E-state index >= 15 is 0 Å². The van der Waals surface area contributed by atoms with Gasteiger partial charge in [0.05, 0.1) is 11.7 Å². The molecule has 174 valence electrons. The number of carbonyl (C=O) groups is 2. The molecule has 1 aliphatic rings. The number of rotatable bonds is 10. The van der Waals surface area contributed by atoms with Gasteiger partial charge in [0.2, 0.25) is 5.91 Å². The summed E-state index contributed by atoms with van der Waals surface area (Å²) < 4.78 is 1.87. The van der Waals surface area contributed by atoms with E-state index in [1.54, 1.807) is 16.8 Å². The standard InChI is InChI=1S/C24H34ClN5O2/c1-5-6-7-8-20-16-29(17-23(31)28(4)14-13-27(2)3)24(32)22-15-21(26-30(20)22)18-9-11-19(25)12-10-18/h9-12,15,20H,5-8,13-14,16-17H2,1-4H3. The van der Waals surface area contributed by atoms with Crippen molar-refractivity contribution in [2.75, 3.05) is 47.3 Å². The van der Waals surface area contributed by atoms with Crippen LogP contribution in [0.2, 0.25) is 5.02 Å². The minimum atomic E-state index is -0.140. The summed E-state index contributed by atoms with van der Waals surface area (Å²) >= 11 is 6.03. The largest absolute Gasteiger partial charge is 0.343 e. The van der Waals surface area contributed by atoms with Crippen LogP contribution in [0.15, 0.2) is 30.3 Å². The Morgan fingerprint density at radius 3 is 2.53 bits per heavy atom. The molecule has 2 amide bonds. The summed E-state index contributed by atoms with van der Waals surface area (Å²) in [5, 5.41) is 5.45. The summed E-state index contributed by atoms with van der Waals surface area (Å²) in [4.78, 5) is 31.5. The minimum absolute atomic E-state index is 0.0431. The van der Waals surface area contributed by atoms with Crippen molar-refractivity contribution in [2.45, 2.75) is 38.6 Å². The highest BCUT2D eigenvalue weighted by molar-refractivity contribution is 6.30. The molecule has 1 aromatic heterocycles. The van der Waals surface area contributed by atoms with Crippen molar-refractivity contribution >= 4 is 23.4 Å². The van der Waals surface area contributed by atoms with Crippen LogP contribution in [0.4, 0.5) is 0 Å². The predicted molar refractivity (Wildman–Crippen MR) is 128 cm³/mol. The average Bonchev–Trinajstić information content (AvgIpc) is 3.21. The lowest BCUT2D eigenvalue weighted by Crippen LogP contribution is -2.48. The van der Waals surface area contributed by atoms with Crippen LogP contribution < -0.4 is 0 Å². The van der Waals surface area contributed by atoms with Gasteiger partial charge >= 0.3 is 0 Å². The molecule has 32 heavy (non-hydrogen) atoms. The fourth-order valence-corrected chi connectivity index (χ4v) is 4.04. The van der Waals surface area contributed by atoms with Crippen LogP contribution in [-0.2, 0) is 4.79 Å². The molecule has 1 atom stereocenters. The maximum absolute atomic E-state index is 13.3. The monoisotopic (exact) mass is 459 g/mol. The Kier molecular flexibility index (Phi) is 8.32. The molecule has 0 saturated heterocycles. The molecule has 1 aliphatic heterocycles. The Hall–Kier alpha value is -2.38. The highest BCUT2D eigenvalue weighted by Crippen LogP contribution is 2.30. The average molecular weight is 460 g/mol. The van der Waals surface area contributed by atoms with E-state index in [0.717, 1.165) is 43.5 Å². The molecule has 0 radical (unpaired) electrons. The van der Waals surface area contributed by atoms with Gasteiger partial charge < -0.3 is 14.7 Å². The first kappa shape index (κ1) is 24.3. The summed E-state index contributed by atoms with van der Waals surface area (Å²) in [5.74, 6) is -0.183. The van der Waals surface area contributed by atoms with Crippen molar-refractivity contribution < 1.29 is 9.59 Å². The second kappa shape index (κ2) is 11.0. The zero-order valence-corrected chi connectivity index (χ0v) is 20.3. The van der Waals surface area contributed by atoms with E-state index < -0.39 is 0 Å². The van der Waals surface area contributed by atoms with Crippen molar-refractivity contribution in [2.24, 2.45) is 0 Å². The number of hydrogen-bond donors (Lipinski definition) is 0. The lowest BCUT2D eigenvalue weighted by molar-refractivity contribution is -0.131. The molecule has 8 heteroatoms. The molecule has 1 aromatic carbocycles. The first-order valence-electron chi connectivity index (χ1n) is 11.3. The molecule has 0 aliphatic carbocycles. The zero-order chi connectivity index (χ0) is 23.3. The van der Waals surface area contributed by atoms with E-state index in [1.165, 1.54) is 0 Å². The van der Waals surface area contributed by atoms with Crippen LogP contribution in [0, 0.1) is 0 Å². The second-order valence-electron chi connectivity index (χ2n) is 8.82. The summed E-state index contributed by atoms with van der Waals surface area (Å²) in [5.41, 5.74) is 2.22. The van der Waals surface area contributed by atoms with Crippen LogP contribution in [0.1, 0.15) is 49.1 Å². The number of nitrogens with zero attached hydrogens (tertiary/aromatic N) is 5. The molecule has 0 spiro atoms. The highest BCUT2D eigenvalue weighted by atomic mass is 35.5. The number of carbonyl (C=O) groups excluding carboxylic acids is 2. The molecule has 0 N–H and O–H groups in total. The topological polar surface area (TPSA) is 61.7 Å². The SMILES string of the molecule is CCCCCC1CN(CC(=O)N(C)CCN(C)C)C(=O)c2cc(-c3ccc(Cl)cc3)nn21. The summed E-state index contributed by atoms with van der Waals surface area (Å²) in [6.45, 7) is 4.19. The van der Waals surface area contributed by atoms with Gasteiger partial charge in [-0.1, -0.05) is 49.9 Å². The quantitative estimate of drug-likeness (QED) is 0.507. The van der Waals surface area contributed by atoms with Crippen molar-refractivity contribution in [3.05, 3.63) is 41.0 Å². The number of fused-ring (bicyclic) bond motifs is 1. The molecule has 0 saturated carbocycles. The molecular weight excluding hydrogens is 426 g/mol. The Balaban J connectivity index is 1.82. The minimum Gasteiger partial charge on any atom is -0.343 e. The summed E-state index contributed by atoms with van der Waals surface area (Å²) in [7, 11) is 5.75. The number of halogens is 1. The van der Waals surface area contributed by atoms with E-state index in [2.05, 4.69) is 6.92 Å². The lowest BCUT2D eigenvalue weighted by Gasteiger charge is -2.34. The molecule has 0 fully saturated rings. The van der Waals surface area contributed by atoms with E-state index in [-0.39, 0.29) is 24.4 Å². The molecule has 2 aromatic rings. The Morgan fingerprint density at radius 1 is 1.16 bits per heavy atom. The summed E-state index contributed by atoms with van der Waals surface area (Å²) in [6, 6.07) is 9.37. The van der Waals surface area contributed by atoms with Gasteiger partial charge in [-0.25, -0.2) is 0 Å². The Morgan fingerprint density at radius 2 is 1.88 bits per heavy atom. The first-order valence-corrected chi connectivity index (χ1v) is 11.7. The predicted octanol–water partition coefficient (Wildman–Crippen LogP) is 3.80. The maximum Gasteiger partial charge on any atom is 0.272 e. The lowest BCUT2D eigenvalue weighted by atomic mass is 10.0. The number of unbranched alkanes of at least 4 members (excludes halogenated alkanes) is 2. The van der Waals surface area contributed by atoms with Crippen LogP contribution in [0.5, 0.6) is 0 Å². The summed E-state index contributed by atoms with van der Waals surface area (Å²) in [6.07, 6.45) is 4.26. The molecule has 2 heterocycles. The molecule has 3 rings (SSSR count).